The Morgan fingerprint density at radius 3 is 2.60 bits per heavy atom. The van der Waals surface area contributed by atoms with Crippen LogP contribution in [0.15, 0.2) is 53.4 Å². The fraction of sp³-hybridized carbons (Fsp3) is 0.133. The molecule has 0 fully saturated rings. The lowest BCUT2D eigenvalue weighted by atomic mass is 10.2. The number of carbonyl (C=O) groups is 1. The summed E-state index contributed by atoms with van der Waals surface area (Å²) < 4.78 is 5.60. The summed E-state index contributed by atoms with van der Waals surface area (Å²) in [4.78, 5) is 12.5. The van der Waals surface area contributed by atoms with Gasteiger partial charge >= 0.3 is 0 Å². The highest BCUT2D eigenvalue weighted by Crippen LogP contribution is 2.22. The van der Waals surface area contributed by atoms with Gasteiger partial charge in [0.1, 0.15) is 5.75 Å². The summed E-state index contributed by atoms with van der Waals surface area (Å²) in [5, 5.41) is 0. The van der Waals surface area contributed by atoms with E-state index in [1.807, 2.05) is 30.3 Å². The number of rotatable bonds is 6. The SMILES string of the molecule is NC(=O)c1ccc(N)cc1OCCSc1ccccc1. The predicted molar refractivity (Wildman–Crippen MR) is 82.0 cm³/mol. The predicted octanol–water partition coefficient (Wildman–Crippen LogP) is 2.54. The third kappa shape index (κ3) is 3.93. The van der Waals surface area contributed by atoms with Crippen molar-refractivity contribution >= 4 is 23.4 Å². The van der Waals surface area contributed by atoms with E-state index < -0.39 is 5.91 Å². The summed E-state index contributed by atoms with van der Waals surface area (Å²) >= 11 is 1.69. The Balaban J connectivity index is 1.91. The number of primary amides is 1. The lowest BCUT2D eigenvalue weighted by Gasteiger charge is -2.10. The highest BCUT2D eigenvalue weighted by Gasteiger charge is 2.09. The zero-order valence-corrected chi connectivity index (χ0v) is 11.7. The number of anilines is 1. The van der Waals surface area contributed by atoms with E-state index in [-0.39, 0.29) is 0 Å². The zero-order chi connectivity index (χ0) is 14.4. The fourth-order valence-electron chi connectivity index (χ4n) is 1.69. The Labute approximate surface area is 122 Å². The summed E-state index contributed by atoms with van der Waals surface area (Å²) in [7, 11) is 0. The van der Waals surface area contributed by atoms with Crippen LogP contribution in [0.5, 0.6) is 5.75 Å². The van der Waals surface area contributed by atoms with E-state index in [0.717, 1.165) is 5.75 Å². The van der Waals surface area contributed by atoms with Gasteiger partial charge in [-0.25, -0.2) is 0 Å². The minimum absolute atomic E-state index is 0.351. The first kappa shape index (κ1) is 14.3. The van der Waals surface area contributed by atoms with Gasteiger partial charge in [0.05, 0.1) is 12.2 Å². The Hall–Kier alpha value is -2.14. The molecule has 1 amide bonds. The summed E-state index contributed by atoms with van der Waals surface area (Å²) in [5.74, 6) is 0.693. The number of thioether (sulfide) groups is 1. The molecular formula is C15H16N2O2S. The lowest BCUT2D eigenvalue weighted by Crippen LogP contribution is -2.14. The average molecular weight is 288 g/mol. The topological polar surface area (TPSA) is 78.3 Å². The Morgan fingerprint density at radius 2 is 1.90 bits per heavy atom. The van der Waals surface area contributed by atoms with Gasteiger partial charge in [0.25, 0.3) is 5.91 Å². The van der Waals surface area contributed by atoms with Gasteiger partial charge in [-0.3, -0.25) is 4.79 Å². The second-order valence-corrected chi connectivity index (χ2v) is 5.30. The number of amides is 1. The minimum Gasteiger partial charge on any atom is -0.492 e. The van der Waals surface area contributed by atoms with E-state index in [1.165, 1.54) is 4.90 Å². The molecule has 0 aromatic heterocycles. The first-order valence-electron chi connectivity index (χ1n) is 6.17. The molecule has 2 aromatic carbocycles. The van der Waals surface area contributed by atoms with Crippen LogP contribution in [0.4, 0.5) is 5.69 Å². The molecule has 4 N–H and O–H groups in total. The van der Waals surface area contributed by atoms with Gasteiger partial charge < -0.3 is 16.2 Å². The Kier molecular flexibility index (Phi) is 4.90. The lowest BCUT2D eigenvalue weighted by molar-refractivity contribution is 0.0996. The molecule has 0 atom stereocenters. The standard InChI is InChI=1S/C15H16N2O2S/c16-11-6-7-13(15(17)18)14(10-11)19-8-9-20-12-4-2-1-3-5-12/h1-7,10H,8-9,16H2,(H2,17,18). The Morgan fingerprint density at radius 1 is 1.15 bits per heavy atom. The van der Waals surface area contributed by atoms with Gasteiger partial charge in [0.15, 0.2) is 0 Å². The van der Waals surface area contributed by atoms with E-state index in [2.05, 4.69) is 0 Å². The molecule has 2 aromatic rings. The van der Waals surface area contributed by atoms with Gasteiger partial charge in [-0.1, -0.05) is 18.2 Å². The third-order valence-corrected chi connectivity index (χ3v) is 3.60. The van der Waals surface area contributed by atoms with Crippen LogP contribution in [-0.2, 0) is 0 Å². The first-order valence-corrected chi connectivity index (χ1v) is 7.15. The zero-order valence-electron chi connectivity index (χ0n) is 10.9. The van der Waals surface area contributed by atoms with E-state index in [9.17, 15) is 4.79 Å². The van der Waals surface area contributed by atoms with Crippen LogP contribution in [-0.4, -0.2) is 18.3 Å². The smallest absolute Gasteiger partial charge is 0.252 e. The molecule has 0 saturated heterocycles. The van der Waals surface area contributed by atoms with Crippen molar-refractivity contribution in [1.82, 2.24) is 0 Å². The Bertz CT molecular complexity index is 588. The summed E-state index contributed by atoms with van der Waals surface area (Å²) in [5.41, 5.74) is 11.9. The van der Waals surface area contributed by atoms with Crippen LogP contribution in [0.3, 0.4) is 0 Å². The van der Waals surface area contributed by atoms with Gasteiger partial charge in [0, 0.05) is 22.4 Å². The van der Waals surface area contributed by atoms with E-state index in [4.69, 9.17) is 16.2 Å². The highest BCUT2D eigenvalue weighted by molar-refractivity contribution is 7.99. The van der Waals surface area contributed by atoms with Crippen molar-refractivity contribution in [3.8, 4) is 5.75 Å². The number of benzene rings is 2. The van der Waals surface area contributed by atoms with Gasteiger partial charge in [-0.05, 0) is 24.3 Å². The average Bonchev–Trinajstić information content (AvgIpc) is 2.44. The van der Waals surface area contributed by atoms with E-state index >= 15 is 0 Å². The number of hydrogen-bond donors (Lipinski definition) is 2. The second-order valence-electron chi connectivity index (χ2n) is 4.13. The van der Waals surface area contributed by atoms with Crippen molar-refractivity contribution in [2.24, 2.45) is 5.73 Å². The molecule has 0 aliphatic carbocycles. The van der Waals surface area contributed by atoms with Crippen molar-refractivity contribution in [2.75, 3.05) is 18.1 Å². The number of ether oxygens (including phenoxy) is 1. The molecule has 5 heteroatoms. The monoisotopic (exact) mass is 288 g/mol. The highest BCUT2D eigenvalue weighted by atomic mass is 32.2. The minimum atomic E-state index is -0.518. The quantitative estimate of drug-likeness (QED) is 0.486. The normalized spacial score (nSPS) is 10.2. The third-order valence-electron chi connectivity index (χ3n) is 2.62. The molecule has 0 aliphatic rings. The number of nitrogen functional groups attached to an aromatic ring is 1. The van der Waals surface area contributed by atoms with Crippen LogP contribution < -0.4 is 16.2 Å². The van der Waals surface area contributed by atoms with Crippen LogP contribution in [0, 0.1) is 0 Å². The van der Waals surface area contributed by atoms with Crippen molar-refractivity contribution in [2.45, 2.75) is 4.90 Å². The molecular weight excluding hydrogens is 272 g/mol. The largest absolute Gasteiger partial charge is 0.492 e. The number of hydrogen-bond acceptors (Lipinski definition) is 4. The molecule has 0 aliphatic heterocycles. The molecule has 20 heavy (non-hydrogen) atoms. The molecule has 4 nitrogen and oxygen atoms in total. The molecule has 0 radical (unpaired) electrons. The van der Waals surface area contributed by atoms with Crippen LogP contribution >= 0.6 is 11.8 Å². The molecule has 104 valence electrons. The fourth-order valence-corrected chi connectivity index (χ4v) is 2.44. The number of carbonyl (C=O) groups excluding carboxylic acids is 1. The van der Waals surface area contributed by atoms with Crippen LogP contribution in [0.2, 0.25) is 0 Å². The summed E-state index contributed by atoms with van der Waals surface area (Å²) in [6.45, 7) is 0.475. The number of nitrogens with two attached hydrogens (primary N) is 2. The van der Waals surface area contributed by atoms with Crippen molar-refractivity contribution < 1.29 is 9.53 Å². The molecule has 0 saturated carbocycles. The second kappa shape index (κ2) is 6.86. The maximum Gasteiger partial charge on any atom is 0.252 e. The van der Waals surface area contributed by atoms with Crippen molar-refractivity contribution in [3.63, 3.8) is 0 Å². The molecule has 2 rings (SSSR count). The summed E-state index contributed by atoms with van der Waals surface area (Å²) in [6.07, 6.45) is 0. The van der Waals surface area contributed by atoms with E-state index in [0.29, 0.717) is 23.6 Å². The molecule has 0 unspecified atom stereocenters. The van der Waals surface area contributed by atoms with Crippen LogP contribution in [0.25, 0.3) is 0 Å². The van der Waals surface area contributed by atoms with Gasteiger partial charge in [0.2, 0.25) is 0 Å². The maximum atomic E-state index is 11.3. The van der Waals surface area contributed by atoms with Gasteiger partial charge in [-0.15, -0.1) is 11.8 Å². The summed E-state index contributed by atoms with van der Waals surface area (Å²) in [6, 6.07) is 14.9. The first-order chi connectivity index (χ1) is 9.66. The molecule has 0 bridgehead atoms. The molecule has 0 heterocycles. The molecule has 0 spiro atoms. The van der Waals surface area contributed by atoms with Gasteiger partial charge in [-0.2, -0.15) is 0 Å². The van der Waals surface area contributed by atoms with Crippen molar-refractivity contribution in [3.05, 3.63) is 54.1 Å². The van der Waals surface area contributed by atoms with E-state index in [1.54, 1.807) is 30.0 Å². The van der Waals surface area contributed by atoms with Crippen molar-refractivity contribution in [1.29, 1.82) is 0 Å². The maximum absolute atomic E-state index is 11.3. The van der Waals surface area contributed by atoms with Crippen LogP contribution in [0.1, 0.15) is 10.4 Å².